The van der Waals surface area contributed by atoms with Gasteiger partial charge in [0.2, 0.25) is 11.8 Å². The molecule has 4 rings (SSSR count). The fourth-order valence-electron chi connectivity index (χ4n) is 2.88. The molecule has 4 heterocycles. The molecule has 8 nitrogen and oxygen atoms in total. The number of hydrogen-bond acceptors (Lipinski definition) is 6. The predicted octanol–water partition coefficient (Wildman–Crippen LogP) is 2.05. The van der Waals surface area contributed by atoms with E-state index in [0.717, 1.165) is 5.52 Å². The minimum atomic E-state index is -0.373. The van der Waals surface area contributed by atoms with Crippen LogP contribution in [0.15, 0.2) is 35.3 Å². The van der Waals surface area contributed by atoms with Crippen LogP contribution in [-0.4, -0.2) is 50.1 Å². The van der Waals surface area contributed by atoms with Crippen LogP contribution in [0.25, 0.3) is 5.52 Å². The topological polar surface area (TPSA) is 85.8 Å². The second-order valence-corrected chi connectivity index (χ2v) is 6.36. The minimum absolute atomic E-state index is 0.0821. The van der Waals surface area contributed by atoms with Crippen LogP contribution >= 0.6 is 0 Å². The lowest BCUT2D eigenvalue weighted by Crippen LogP contribution is -2.43. The molecule has 25 heavy (non-hydrogen) atoms. The third kappa shape index (κ3) is 2.89. The maximum atomic E-state index is 13.0. The van der Waals surface area contributed by atoms with Gasteiger partial charge >= 0.3 is 0 Å². The van der Waals surface area contributed by atoms with Gasteiger partial charge in [-0.2, -0.15) is 0 Å². The summed E-state index contributed by atoms with van der Waals surface area (Å²) in [7, 11) is 0. The molecule has 1 saturated heterocycles. The smallest absolute Gasteiger partial charge is 0.254 e. The molecule has 1 amide bonds. The number of ether oxygens (including phenoxy) is 1. The van der Waals surface area contributed by atoms with Crippen molar-refractivity contribution in [1.82, 2.24) is 24.5 Å². The molecule has 1 unspecified atom stereocenters. The molecule has 1 atom stereocenters. The fourth-order valence-corrected chi connectivity index (χ4v) is 2.88. The van der Waals surface area contributed by atoms with Crippen molar-refractivity contribution in [3.05, 3.63) is 48.2 Å². The van der Waals surface area contributed by atoms with Crippen LogP contribution < -0.4 is 0 Å². The number of carbonyl (C=O) groups excluding carboxylic acids is 1. The number of fused-ring (bicyclic) bond motifs is 1. The number of hydrogen-bond donors (Lipinski definition) is 0. The molecule has 0 radical (unpaired) electrons. The molecule has 130 valence electrons. The molecule has 3 aromatic rings. The van der Waals surface area contributed by atoms with Gasteiger partial charge in [-0.15, -0.1) is 10.2 Å². The van der Waals surface area contributed by atoms with Crippen molar-refractivity contribution >= 4 is 11.4 Å². The lowest BCUT2D eigenvalue weighted by Gasteiger charge is -2.33. The van der Waals surface area contributed by atoms with Crippen molar-refractivity contribution in [3.63, 3.8) is 0 Å². The molecule has 1 aliphatic rings. The molecule has 0 saturated carbocycles. The Bertz CT molecular complexity index is 900. The highest BCUT2D eigenvalue weighted by Crippen LogP contribution is 2.26. The average Bonchev–Trinajstić information content (AvgIpc) is 3.29. The van der Waals surface area contributed by atoms with E-state index >= 15 is 0 Å². The van der Waals surface area contributed by atoms with Crippen molar-refractivity contribution in [1.29, 1.82) is 0 Å². The fraction of sp³-hybridized carbons (Fsp3) is 0.412. The summed E-state index contributed by atoms with van der Waals surface area (Å²) in [6.45, 7) is 5.28. The summed E-state index contributed by atoms with van der Waals surface area (Å²) >= 11 is 0. The van der Waals surface area contributed by atoms with Gasteiger partial charge in [-0.1, -0.05) is 13.8 Å². The Morgan fingerprint density at radius 3 is 3.04 bits per heavy atom. The molecule has 8 heteroatoms. The van der Waals surface area contributed by atoms with E-state index < -0.39 is 0 Å². The maximum Gasteiger partial charge on any atom is 0.254 e. The number of rotatable bonds is 3. The number of carbonyl (C=O) groups is 1. The number of morpholine rings is 1. The predicted molar refractivity (Wildman–Crippen MR) is 88.2 cm³/mol. The van der Waals surface area contributed by atoms with Gasteiger partial charge < -0.3 is 18.5 Å². The number of amides is 1. The van der Waals surface area contributed by atoms with Crippen molar-refractivity contribution < 1.29 is 13.9 Å². The second kappa shape index (κ2) is 6.29. The van der Waals surface area contributed by atoms with Crippen LogP contribution in [0.1, 0.15) is 47.9 Å². The Balaban J connectivity index is 1.64. The number of aromatic nitrogens is 4. The molecule has 0 N–H and O–H groups in total. The van der Waals surface area contributed by atoms with Gasteiger partial charge in [-0.05, 0) is 12.1 Å². The van der Waals surface area contributed by atoms with Crippen LogP contribution in [0, 0.1) is 0 Å². The van der Waals surface area contributed by atoms with E-state index in [1.165, 1.54) is 0 Å². The van der Waals surface area contributed by atoms with Crippen LogP contribution in [0.3, 0.4) is 0 Å². The summed E-state index contributed by atoms with van der Waals surface area (Å²) in [4.78, 5) is 18.9. The highest BCUT2D eigenvalue weighted by atomic mass is 16.5. The second-order valence-electron chi connectivity index (χ2n) is 6.36. The zero-order valence-electron chi connectivity index (χ0n) is 14.1. The summed E-state index contributed by atoms with van der Waals surface area (Å²) in [5.41, 5.74) is 1.47. The van der Waals surface area contributed by atoms with Crippen molar-refractivity contribution in [2.45, 2.75) is 25.8 Å². The SMILES string of the molecule is CC(C)c1nnc(C2COCCN2C(=O)c2ccn3cncc3c2)o1. The molecular weight excluding hydrogens is 322 g/mol. The number of nitrogens with zero attached hydrogens (tertiary/aromatic N) is 5. The normalized spacial score (nSPS) is 18.2. The Hall–Kier alpha value is -2.74. The van der Waals surface area contributed by atoms with Gasteiger partial charge in [0.1, 0.15) is 6.04 Å². The average molecular weight is 341 g/mol. The van der Waals surface area contributed by atoms with E-state index in [0.29, 0.717) is 37.1 Å². The first-order valence-corrected chi connectivity index (χ1v) is 8.27. The Kier molecular flexibility index (Phi) is 3.96. The van der Waals surface area contributed by atoms with E-state index in [1.54, 1.807) is 23.5 Å². The summed E-state index contributed by atoms with van der Waals surface area (Å²) in [5.74, 6) is 1.04. The van der Waals surface area contributed by atoms with E-state index in [2.05, 4.69) is 15.2 Å². The summed E-state index contributed by atoms with van der Waals surface area (Å²) in [6, 6.07) is 3.24. The quantitative estimate of drug-likeness (QED) is 0.725. The van der Waals surface area contributed by atoms with Crippen molar-refractivity contribution in [2.75, 3.05) is 19.8 Å². The highest BCUT2D eigenvalue weighted by Gasteiger charge is 2.33. The van der Waals surface area contributed by atoms with Gasteiger partial charge in [-0.25, -0.2) is 4.98 Å². The molecule has 0 aliphatic carbocycles. The molecule has 0 spiro atoms. The van der Waals surface area contributed by atoms with Crippen LogP contribution in [0.2, 0.25) is 0 Å². The highest BCUT2D eigenvalue weighted by molar-refractivity contribution is 5.95. The zero-order valence-corrected chi connectivity index (χ0v) is 14.1. The standard InChI is InChI=1S/C17H19N5O3/c1-11(2)15-19-20-16(25-15)14-9-24-6-5-22(14)17(23)12-3-4-21-10-18-8-13(21)7-12/h3-4,7-8,10-11,14H,5-6,9H2,1-2H3. The van der Waals surface area contributed by atoms with Gasteiger partial charge in [0.25, 0.3) is 5.91 Å². The van der Waals surface area contributed by atoms with Gasteiger partial charge in [-0.3, -0.25) is 4.79 Å². The van der Waals surface area contributed by atoms with E-state index in [-0.39, 0.29) is 17.9 Å². The first kappa shape index (κ1) is 15.8. The molecule has 0 aromatic carbocycles. The lowest BCUT2D eigenvalue weighted by atomic mass is 10.1. The number of pyridine rings is 1. The van der Waals surface area contributed by atoms with Crippen molar-refractivity contribution in [2.24, 2.45) is 0 Å². The summed E-state index contributed by atoms with van der Waals surface area (Å²) in [6.07, 6.45) is 5.25. The van der Waals surface area contributed by atoms with Crippen LogP contribution in [-0.2, 0) is 4.74 Å². The molecule has 1 aliphatic heterocycles. The van der Waals surface area contributed by atoms with E-state index in [4.69, 9.17) is 9.15 Å². The Morgan fingerprint density at radius 2 is 2.24 bits per heavy atom. The van der Waals surface area contributed by atoms with Crippen LogP contribution in [0.4, 0.5) is 0 Å². The Labute approximate surface area is 144 Å². The first-order valence-electron chi connectivity index (χ1n) is 8.27. The van der Waals surface area contributed by atoms with Crippen molar-refractivity contribution in [3.8, 4) is 0 Å². The largest absolute Gasteiger partial charge is 0.423 e. The minimum Gasteiger partial charge on any atom is -0.423 e. The Morgan fingerprint density at radius 1 is 1.36 bits per heavy atom. The monoisotopic (exact) mass is 341 g/mol. The van der Waals surface area contributed by atoms with Gasteiger partial charge in [0.05, 0.1) is 31.3 Å². The first-order chi connectivity index (χ1) is 12.1. The number of imidazole rings is 1. The lowest BCUT2D eigenvalue weighted by molar-refractivity contribution is -0.0107. The van der Waals surface area contributed by atoms with E-state index in [1.807, 2.05) is 30.5 Å². The van der Waals surface area contributed by atoms with Gasteiger partial charge in [0, 0.05) is 24.2 Å². The van der Waals surface area contributed by atoms with E-state index in [9.17, 15) is 4.79 Å². The molecule has 0 bridgehead atoms. The summed E-state index contributed by atoms with van der Waals surface area (Å²) in [5, 5.41) is 8.19. The van der Waals surface area contributed by atoms with Gasteiger partial charge in [0.15, 0.2) is 0 Å². The molecule has 1 fully saturated rings. The van der Waals surface area contributed by atoms with Crippen LogP contribution in [0.5, 0.6) is 0 Å². The summed E-state index contributed by atoms with van der Waals surface area (Å²) < 4.78 is 13.2. The molecule has 3 aromatic heterocycles. The maximum absolute atomic E-state index is 13.0. The molecular formula is C17H19N5O3. The third-order valence-corrected chi connectivity index (χ3v) is 4.29. The zero-order chi connectivity index (χ0) is 17.4. The third-order valence-electron chi connectivity index (χ3n) is 4.29.